The van der Waals surface area contributed by atoms with Crippen molar-refractivity contribution >= 4 is 17.6 Å². The van der Waals surface area contributed by atoms with Crippen LogP contribution in [0.4, 0.5) is 18.9 Å². The minimum Gasteiger partial charge on any atom is -0.449 e. The second kappa shape index (κ2) is 7.68. The zero-order valence-corrected chi connectivity index (χ0v) is 15.0. The number of halogens is 3. The summed E-state index contributed by atoms with van der Waals surface area (Å²) < 4.78 is 46.8. The molecule has 0 fully saturated rings. The molecule has 0 bridgehead atoms. The van der Waals surface area contributed by atoms with Crippen molar-refractivity contribution in [2.24, 2.45) is 7.05 Å². The first kappa shape index (κ1) is 20.3. The van der Waals surface area contributed by atoms with E-state index in [0.29, 0.717) is 11.4 Å². The van der Waals surface area contributed by atoms with E-state index in [1.807, 2.05) is 0 Å². The normalized spacial score (nSPS) is 12.4. The van der Waals surface area contributed by atoms with Crippen LogP contribution >= 0.6 is 0 Å². The van der Waals surface area contributed by atoms with Crippen molar-refractivity contribution in [3.05, 3.63) is 41.2 Å². The number of nitrogens with zero attached hydrogens (tertiary/aromatic N) is 2. The van der Waals surface area contributed by atoms with E-state index in [4.69, 9.17) is 4.74 Å². The summed E-state index contributed by atoms with van der Waals surface area (Å²) in [6, 6.07) is 4.20. The summed E-state index contributed by atoms with van der Waals surface area (Å²) in [5.41, 5.74) is 1.86. The molecule has 1 aromatic carbocycles. The van der Waals surface area contributed by atoms with Gasteiger partial charge in [0.2, 0.25) is 0 Å². The van der Waals surface area contributed by atoms with Crippen molar-refractivity contribution < 1.29 is 32.2 Å². The lowest BCUT2D eigenvalue weighted by atomic mass is 10.2. The Morgan fingerprint density at radius 3 is 2.26 bits per heavy atom. The largest absolute Gasteiger partial charge is 0.573 e. The monoisotopic (exact) mass is 385 g/mol. The van der Waals surface area contributed by atoms with E-state index in [1.165, 1.54) is 6.92 Å². The lowest BCUT2D eigenvalue weighted by Crippen LogP contribution is -2.30. The molecule has 146 valence electrons. The number of nitrogens with one attached hydrogen (secondary N) is 1. The smallest absolute Gasteiger partial charge is 0.449 e. The molecule has 1 N–H and O–H groups in total. The van der Waals surface area contributed by atoms with Crippen LogP contribution in [0.25, 0.3) is 0 Å². The Morgan fingerprint density at radius 1 is 1.19 bits per heavy atom. The molecule has 2 aromatic rings. The molecule has 0 saturated heterocycles. The van der Waals surface area contributed by atoms with E-state index in [9.17, 15) is 22.8 Å². The average molecular weight is 385 g/mol. The molecule has 0 unspecified atom stereocenters. The van der Waals surface area contributed by atoms with Gasteiger partial charge in [-0.05, 0) is 45.0 Å². The number of hydrogen-bond donors (Lipinski definition) is 1. The number of carbonyl (C=O) groups is 2. The maximum absolute atomic E-state index is 12.2. The number of anilines is 1. The van der Waals surface area contributed by atoms with Gasteiger partial charge >= 0.3 is 12.3 Å². The molecule has 0 saturated carbocycles. The summed E-state index contributed by atoms with van der Waals surface area (Å²) >= 11 is 0. The highest BCUT2D eigenvalue weighted by Gasteiger charge is 2.31. The van der Waals surface area contributed by atoms with E-state index < -0.39 is 30.1 Å². The van der Waals surface area contributed by atoms with Gasteiger partial charge in [0, 0.05) is 7.05 Å². The van der Waals surface area contributed by atoms with Crippen LogP contribution in [-0.4, -0.2) is 34.1 Å². The van der Waals surface area contributed by atoms with Gasteiger partial charge < -0.3 is 14.8 Å². The second-order valence-electron chi connectivity index (χ2n) is 5.78. The van der Waals surface area contributed by atoms with Crippen molar-refractivity contribution in [2.45, 2.75) is 33.2 Å². The predicted octanol–water partition coefficient (Wildman–Crippen LogP) is 3.12. The van der Waals surface area contributed by atoms with Crippen molar-refractivity contribution in [2.75, 3.05) is 5.32 Å². The number of alkyl halides is 3. The van der Waals surface area contributed by atoms with Gasteiger partial charge in [0.05, 0.1) is 22.6 Å². The molecule has 2 rings (SSSR count). The fourth-order valence-corrected chi connectivity index (χ4v) is 2.25. The average Bonchev–Trinajstić information content (AvgIpc) is 2.80. The zero-order chi connectivity index (χ0) is 20.4. The molecule has 0 aliphatic carbocycles. The Morgan fingerprint density at radius 2 is 1.78 bits per heavy atom. The maximum atomic E-state index is 12.2. The third-order valence-electron chi connectivity index (χ3n) is 3.73. The number of hydrogen-bond acceptors (Lipinski definition) is 5. The Bertz CT molecular complexity index is 844. The van der Waals surface area contributed by atoms with E-state index in [2.05, 4.69) is 15.2 Å². The quantitative estimate of drug-likeness (QED) is 0.800. The first-order valence-electron chi connectivity index (χ1n) is 7.86. The summed E-state index contributed by atoms with van der Waals surface area (Å²) in [4.78, 5) is 24.3. The van der Waals surface area contributed by atoms with Crippen LogP contribution in [0.5, 0.6) is 5.75 Å². The number of ether oxygens (including phenoxy) is 2. The molecule has 1 amide bonds. The Labute approximate surface area is 153 Å². The first-order valence-corrected chi connectivity index (χ1v) is 7.86. The number of amides is 1. The number of aryl methyl sites for hydroxylation is 2. The maximum Gasteiger partial charge on any atom is 0.573 e. The number of esters is 1. The van der Waals surface area contributed by atoms with E-state index in [-0.39, 0.29) is 5.56 Å². The topological polar surface area (TPSA) is 82.5 Å². The lowest BCUT2D eigenvalue weighted by Gasteiger charge is -2.14. The zero-order valence-electron chi connectivity index (χ0n) is 15.0. The molecular formula is C17H18F3N3O4. The highest BCUT2D eigenvalue weighted by Crippen LogP contribution is 2.23. The van der Waals surface area contributed by atoms with Gasteiger partial charge in [-0.15, -0.1) is 13.2 Å². The summed E-state index contributed by atoms with van der Waals surface area (Å²) in [7, 11) is 1.73. The molecule has 0 aliphatic heterocycles. The van der Waals surface area contributed by atoms with Gasteiger partial charge in [0.25, 0.3) is 5.91 Å². The van der Waals surface area contributed by atoms with E-state index in [1.54, 1.807) is 25.6 Å². The standard InChI is InChI=1S/C17H18F3N3O4/c1-9-14(10(2)23(4)22-9)21-15(24)11(3)26-16(25)12-5-7-13(8-6-12)27-17(18,19)20/h5-8,11H,1-4H3,(H,21,24)/t11-/m0/s1. The van der Waals surface area contributed by atoms with Gasteiger partial charge in [-0.25, -0.2) is 4.79 Å². The third kappa shape index (κ3) is 5.22. The van der Waals surface area contributed by atoms with Crippen molar-refractivity contribution in [3.8, 4) is 5.75 Å². The Hall–Kier alpha value is -3.04. The van der Waals surface area contributed by atoms with Gasteiger partial charge in [0.15, 0.2) is 6.10 Å². The molecule has 1 aromatic heterocycles. The highest BCUT2D eigenvalue weighted by molar-refractivity contribution is 5.98. The van der Waals surface area contributed by atoms with Gasteiger partial charge in [-0.3, -0.25) is 9.48 Å². The highest BCUT2D eigenvalue weighted by atomic mass is 19.4. The fraction of sp³-hybridized carbons (Fsp3) is 0.353. The predicted molar refractivity (Wildman–Crippen MR) is 89.3 cm³/mol. The van der Waals surface area contributed by atoms with Crippen molar-refractivity contribution in [1.29, 1.82) is 0 Å². The van der Waals surface area contributed by atoms with E-state index >= 15 is 0 Å². The number of aromatic nitrogens is 2. The fourth-order valence-electron chi connectivity index (χ4n) is 2.25. The summed E-state index contributed by atoms with van der Waals surface area (Å²) in [5.74, 6) is -1.87. The number of benzene rings is 1. The number of rotatable bonds is 5. The minimum absolute atomic E-state index is 0.0158. The molecule has 1 atom stereocenters. The minimum atomic E-state index is -4.82. The van der Waals surface area contributed by atoms with Crippen LogP contribution < -0.4 is 10.1 Å². The Kier molecular flexibility index (Phi) is 5.77. The SMILES string of the molecule is Cc1nn(C)c(C)c1NC(=O)[C@H](C)OC(=O)c1ccc(OC(F)(F)F)cc1. The lowest BCUT2D eigenvalue weighted by molar-refractivity contribution is -0.274. The molecule has 0 radical (unpaired) electrons. The van der Waals surface area contributed by atoms with E-state index in [0.717, 1.165) is 30.0 Å². The molecular weight excluding hydrogens is 367 g/mol. The van der Waals surface area contributed by atoms with Crippen LogP contribution in [-0.2, 0) is 16.6 Å². The van der Waals surface area contributed by atoms with Crippen LogP contribution in [0.2, 0.25) is 0 Å². The van der Waals surface area contributed by atoms with Crippen LogP contribution in [0.1, 0.15) is 28.7 Å². The van der Waals surface area contributed by atoms with Gasteiger partial charge in [0.1, 0.15) is 5.75 Å². The van der Waals surface area contributed by atoms with Gasteiger partial charge in [-0.2, -0.15) is 5.10 Å². The molecule has 10 heteroatoms. The summed E-state index contributed by atoms with van der Waals surface area (Å²) in [5, 5.41) is 6.81. The first-order chi connectivity index (χ1) is 12.5. The van der Waals surface area contributed by atoms with Crippen LogP contribution in [0, 0.1) is 13.8 Å². The summed E-state index contributed by atoms with van der Waals surface area (Å²) in [6.07, 6.45) is -5.94. The summed E-state index contributed by atoms with van der Waals surface area (Å²) in [6.45, 7) is 4.89. The number of carbonyl (C=O) groups excluding carboxylic acids is 2. The molecule has 1 heterocycles. The van der Waals surface area contributed by atoms with Crippen molar-refractivity contribution in [1.82, 2.24) is 9.78 Å². The molecule has 0 aliphatic rings. The van der Waals surface area contributed by atoms with Crippen LogP contribution in [0.15, 0.2) is 24.3 Å². The molecule has 0 spiro atoms. The van der Waals surface area contributed by atoms with Crippen LogP contribution in [0.3, 0.4) is 0 Å². The van der Waals surface area contributed by atoms with Gasteiger partial charge in [-0.1, -0.05) is 0 Å². The Balaban J connectivity index is 1.99. The third-order valence-corrected chi connectivity index (χ3v) is 3.73. The molecule has 27 heavy (non-hydrogen) atoms. The van der Waals surface area contributed by atoms with Crippen molar-refractivity contribution in [3.63, 3.8) is 0 Å². The second-order valence-corrected chi connectivity index (χ2v) is 5.78. The molecule has 7 nitrogen and oxygen atoms in total.